The maximum atomic E-state index is 6.21. The first-order valence-corrected chi connectivity index (χ1v) is 7.62. The van der Waals surface area contributed by atoms with Gasteiger partial charge in [0, 0.05) is 6.04 Å². The van der Waals surface area contributed by atoms with Gasteiger partial charge in [0.1, 0.15) is 11.9 Å². The Labute approximate surface area is 118 Å². The second-order valence-electron chi connectivity index (χ2n) is 5.24. The van der Waals surface area contributed by atoms with Crippen molar-refractivity contribution in [2.75, 3.05) is 6.54 Å². The Hall–Kier alpha value is -1.02. The molecule has 2 heteroatoms. The van der Waals surface area contributed by atoms with Gasteiger partial charge in [0.05, 0.1) is 0 Å². The smallest absolute Gasteiger partial charge is 0.123 e. The fourth-order valence-corrected chi connectivity index (χ4v) is 2.40. The molecular formula is C17H29NO. The molecule has 3 unspecified atom stereocenters. The van der Waals surface area contributed by atoms with Crippen LogP contribution < -0.4 is 10.1 Å². The van der Waals surface area contributed by atoms with E-state index in [9.17, 15) is 0 Å². The minimum atomic E-state index is 0.190. The summed E-state index contributed by atoms with van der Waals surface area (Å²) in [7, 11) is 0. The topological polar surface area (TPSA) is 21.3 Å². The molecule has 0 bridgehead atoms. The molecule has 0 fully saturated rings. The van der Waals surface area contributed by atoms with E-state index in [0.29, 0.717) is 12.0 Å². The molecule has 0 spiro atoms. The first-order valence-electron chi connectivity index (χ1n) is 7.62. The van der Waals surface area contributed by atoms with Crippen molar-refractivity contribution in [3.05, 3.63) is 29.8 Å². The molecule has 0 aliphatic carbocycles. The molecule has 1 aromatic carbocycles. The maximum absolute atomic E-state index is 6.21. The fraction of sp³-hybridized carbons (Fsp3) is 0.647. The fourth-order valence-electron chi connectivity index (χ4n) is 2.40. The van der Waals surface area contributed by atoms with Gasteiger partial charge < -0.3 is 10.1 Å². The van der Waals surface area contributed by atoms with Gasteiger partial charge >= 0.3 is 0 Å². The molecule has 1 aromatic rings. The molecule has 1 rings (SSSR count). The Bertz CT molecular complexity index is 364. The molecule has 0 aliphatic heterocycles. The molecule has 3 atom stereocenters. The molecule has 0 heterocycles. The van der Waals surface area contributed by atoms with Crippen LogP contribution in [0.3, 0.4) is 0 Å². The zero-order valence-electron chi connectivity index (χ0n) is 13.1. The Kier molecular flexibility index (Phi) is 6.93. The van der Waals surface area contributed by atoms with E-state index in [0.717, 1.165) is 25.1 Å². The lowest BCUT2D eigenvalue weighted by atomic mass is 9.97. The zero-order valence-corrected chi connectivity index (χ0v) is 13.1. The normalized spacial score (nSPS) is 15.8. The Morgan fingerprint density at radius 3 is 2.32 bits per heavy atom. The van der Waals surface area contributed by atoms with Crippen molar-refractivity contribution in [2.45, 2.75) is 65.5 Å². The maximum Gasteiger partial charge on any atom is 0.123 e. The van der Waals surface area contributed by atoms with Gasteiger partial charge in [-0.2, -0.15) is 0 Å². The van der Waals surface area contributed by atoms with Crippen molar-refractivity contribution in [1.82, 2.24) is 5.32 Å². The highest BCUT2D eigenvalue weighted by molar-refractivity contribution is 5.36. The molecule has 1 N–H and O–H groups in total. The second-order valence-corrected chi connectivity index (χ2v) is 5.24. The number of nitrogens with one attached hydrogen (secondary N) is 1. The molecule has 0 saturated carbocycles. The van der Waals surface area contributed by atoms with E-state index in [1.54, 1.807) is 0 Å². The summed E-state index contributed by atoms with van der Waals surface area (Å²) in [5.41, 5.74) is 1.32. The standard InChI is InChI=1S/C17H29NO/c1-6-13(4)15-11-9-10-12-17(15)19-14(5)16(7-2)18-8-3/h9-14,16,18H,6-8H2,1-5H3. The Balaban J connectivity index is 2.80. The number of rotatable bonds is 8. The van der Waals surface area contributed by atoms with Crippen molar-refractivity contribution in [3.63, 3.8) is 0 Å². The van der Waals surface area contributed by atoms with E-state index < -0.39 is 0 Å². The lowest BCUT2D eigenvalue weighted by Crippen LogP contribution is -2.40. The summed E-state index contributed by atoms with van der Waals surface area (Å²) in [6.07, 6.45) is 2.41. The van der Waals surface area contributed by atoms with Gasteiger partial charge in [-0.3, -0.25) is 0 Å². The largest absolute Gasteiger partial charge is 0.489 e. The van der Waals surface area contributed by atoms with E-state index in [-0.39, 0.29) is 6.10 Å². The minimum absolute atomic E-state index is 0.190. The van der Waals surface area contributed by atoms with E-state index >= 15 is 0 Å². The Morgan fingerprint density at radius 1 is 1.05 bits per heavy atom. The number of hydrogen-bond donors (Lipinski definition) is 1. The highest BCUT2D eigenvalue weighted by Gasteiger charge is 2.18. The van der Waals surface area contributed by atoms with Crippen LogP contribution in [0, 0.1) is 0 Å². The molecule has 0 amide bonds. The molecule has 0 radical (unpaired) electrons. The summed E-state index contributed by atoms with van der Waals surface area (Å²) < 4.78 is 6.21. The predicted octanol–water partition coefficient (Wildman–Crippen LogP) is 4.36. The number of ether oxygens (including phenoxy) is 1. The van der Waals surface area contributed by atoms with E-state index in [2.05, 4.69) is 64.2 Å². The van der Waals surface area contributed by atoms with Crippen LogP contribution in [0.4, 0.5) is 0 Å². The molecular weight excluding hydrogens is 234 g/mol. The van der Waals surface area contributed by atoms with Crippen molar-refractivity contribution in [3.8, 4) is 5.75 Å². The van der Waals surface area contributed by atoms with E-state index in [4.69, 9.17) is 4.74 Å². The lowest BCUT2D eigenvalue weighted by Gasteiger charge is -2.26. The number of hydrogen-bond acceptors (Lipinski definition) is 2. The van der Waals surface area contributed by atoms with Crippen LogP contribution in [0.25, 0.3) is 0 Å². The molecule has 0 aromatic heterocycles. The van der Waals surface area contributed by atoms with Gasteiger partial charge in [0.2, 0.25) is 0 Å². The van der Waals surface area contributed by atoms with Crippen molar-refractivity contribution < 1.29 is 4.74 Å². The van der Waals surface area contributed by atoms with Crippen molar-refractivity contribution >= 4 is 0 Å². The van der Waals surface area contributed by atoms with Crippen LogP contribution in [0.2, 0.25) is 0 Å². The van der Waals surface area contributed by atoms with Gasteiger partial charge in [-0.25, -0.2) is 0 Å². The Morgan fingerprint density at radius 2 is 1.74 bits per heavy atom. The van der Waals surface area contributed by atoms with Crippen LogP contribution >= 0.6 is 0 Å². The molecule has 19 heavy (non-hydrogen) atoms. The highest BCUT2D eigenvalue weighted by atomic mass is 16.5. The third-order valence-corrected chi connectivity index (χ3v) is 3.85. The monoisotopic (exact) mass is 263 g/mol. The molecule has 2 nitrogen and oxygen atoms in total. The van der Waals surface area contributed by atoms with E-state index in [1.807, 2.05) is 0 Å². The van der Waals surface area contributed by atoms with Crippen LogP contribution in [0.15, 0.2) is 24.3 Å². The summed E-state index contributed by atoms with van der Waals surface area (Å²) >= 11 is 0. The summed E-state index contributed by atoms with van der Waals surface area (Å²) in [6, 6.07) is 8.85. The lowest BCUT2D eigenvalue weighted by molar-refractivity contribution is 0.166. The molecule has 108 valence electrons. The second kappa shape index (κ2) is 8.21. The number of para-hydroxylation sites is 1. The molecule has 0 aliphatic rings. The van der Waals surface area contributed by atoms with Crippen molar-refractivity contribution in [2.24, 2.45) is 0 Å². The third kappa shape index (κ3) is 4.54. The van der Waals surface area contributed by atoms with Gasteiger partial charge in [-0.15, -0.1) is 0 Å². The zero-order chi connectivity index (χ0) is 14.3. The van der Waals surface area contributed by atoms with E-state index in [1.165, 1.54) is 5.56 Å². The predicted molar refractivity (Wildman–Crippen MR) is 83.0 cm³/mol. The SMILES string of the molecule is CCNC(CC)C(C)Oc1ccccc1C(C)CC. The van der Waals surface area contributed by atoms with Crippen LogP contribution in [0.5, 0.6) is 5.75 Å². The van der Waals surface area contributed by atoms with Crippen LogP contribution in [0.1, 0.15) is 58.9 Å². The first-order chi connectivity index (χ1) is 9.13. The van der Waals surface area contributed by atoms with Gasteiger partial charge in [-0.05, 0) is 43.9 Å². The number of likely N-dealkylation sites (N-methyl/N-ethyl adjacent to an activating group) is 1. The van der Waals surface area contributed by atoms with Crippen LogP contribution in [-0.4, -0.2) is 18.7 Å². The van der Waals surface area contributed by atoms with Crippen molar-refractivity contribution in [1.29, 1.82) is 0 Å². The van der Waals surface area contributed by atoms with Gasteiger partial charge in [-0.1, -0.05) is 45.9 Å². The van der Waals surface area contributed by atoms with Gasteiger partial charge in [0.25, 0.3) is 0 Å². The summed E-state index contributed by atoms with van der Waals surface area (Å²) in [5, 5.41) is 3.49. The third-order valence-electron chi connectivity index (χ3n) is 3.85. The number of benzene rings is 1. The summed E-state index contributed by atoms with van der Waals surface area (Å²) in [4.78, 5) is 0. The summed E-state index contributed by atoms with van der Waals surface area (Å²) in [6.45, 7) is 12.0. The highest BCUT2D eigenvalue weighted by Crippen LogP contribution is 2.29. The average Bonchev–Trinajstić information content (AvgIpc) is 2.44. The van der Waals surface area contributed by atoms with Gasteiger partial charge in [0.15, 0.2) is 0 Å². The molecule has 0 saturated heterocycles. The quantitative estimate of drug-likeness (QED) is 0.752. The minimum Gasteiger partial charge on any atom is -0.489 e. The summed E-state index contributed by atoms with van der Waals surface area (Å²) in [5.74, 6) is 1.59. The first kappa shape index (κ1) is 16.0. The van der Waals surface area contributed by atoms with Crippen LogP contribution in [-0.2, 0) is 0 Å². The average molecular weight is 263 g/mol.